The van der Waals surface area contributed by atoms with Crippen LogP contribution in [0, 0.1) is 0 Å². The SMILES string of the molecule is O=C1OC(c2cc(Cl)ccc2Cl)=NC1=Cc1cc(Br)cs1. The van der Waals surface area contributed by atoms with Gasteiger partial charge >= 0.3 is 5.97 Å². The Balaban J connectivity index is 1.99. The number of halogens is 3. The Bertz CT molecular complexity index is 798. The van der Waals surface area contributed by atoms with Gasteiger partial charge in [0, 0.05) is 19.8 Å². The molecule has 1 aliphatic rings. The number of thiophene rings is 1. The summed E-state index contributed by atoms with van der Waals surface area (Å²) in [6, 6.07) is 6.80. The maximum Gasteiger partial charge on any atom is 0.363 e. The van der Waals surface area contributed by atoms with Gasteiger partial charge in [-0.05, 0) is 46.3 Å². The maximum atomic E-state index is 11.9. The molecule has 3 rings (SSSR count). The van der Waals surface area contributed by atoms with E-state index in [2.05, 4.69) is 20.9 Å². The molecule has 2 aromatic rings. The van der Waals surface area contributed by atoms with Gasteiger partial charge in [-0.3, -0.25) is 0 Å². The Kier molecular flexibility index (Phi) is 4.17. The molecular formula is C14H6BrCl2NO2S. The number of nitrogens with zero attached hydrogens (tertiary/aromatic N) is 1. The van der Waals surface area contributed by atoms with Gasteiger partial charge in [-0.1, -0.05) is 23.2 Å². The van der Waals surface area contributed by atoms with Crippen LogP contribution in [0.25, 0.3) is 6.08 Å². The number of carbonyl (C=O) groups is 1. The third kappa shape index (κ3) is 3.21. The summed E-state index contributed by atoms with van der Waals surface area (Å²) in [6.45, 7) is 0. The van der Waals surface area contributed by atoms with Crippen LogP contribution in [-0.2, 0) is 9.53 Å². The van der Waals surface area contributed by atoms with Crippen LogP contribution in [0.5, 0.6) is 0 Å². The monoisotopic (exact) mass is 401 g/mol. The van der Waals surface area contributed by atoms with Crippen LogP contribution in [0.4, 0.5) is 0 Å². The molecule has 1 aliphatic heterocycles. The summed E-state index contributed by atoms with van der Waals surface area (Å²) in [5.74, 6) is -0.347. The van der Waals surface area contributed by atoms with Crippen LogP contribution in [0.3, 0.4) is 0 Å². The van der Waals surface area contributed by atoms with Crippen LogP contribution >= 0.6 is 50.5 Å². The fraction of sp³-hybridized carbons (Fsp3) is 0. The number of esters is 1. The molecule has 3 nitrogen and oxygen atoms in total. The minimum atomic E-state index is -0.509. The molecule has 2 heterocycles. The Morgan fingerprint density at radius 2 is 2.10 bits per heavy atom. The molecule has 0 spiro atoms. The first-order chi connectivity index (χ1) is 10.0. The highest BCUT2D eigenvalue weighted by Gasteiger charge is 2.25. The molecule has 0 aliphatic carbocycles. The first-order valence-corrected chi connectivity index (χ1v) is 8.18. The van der Waals surface area contributed by atoms with Crippen molar-refractivity contribution in [3.63, 3.8) is 0 Å². The minimum Gasteiger partial charge on any atom is -0.402 e. The van der Waals surface area contributed by atoms with Crippen molar-refractivity contribution in [2.75, 3.05) is 0 Å². The molecule has 106 valence electrons. The molecule has 0 bridgehead atoms. The first kappa shape index (κ1) is 14.8. The van der Waals surface area contributed by atoms with E-state index in [0.29, 0.717) is 15.6 Å². The number of cyclic esters (lactones) is 1. The summed E-state index contributed by atoms with van der Waals surface area (Å²) in [6.07, 6.45) is 1.67. The van der Waals surface area contributed by atoms with Gasteiger partial charge in [0.05, 0.1) is 10.6 Å². The second-order valence-corrected chi connectivity index (χ2v) is 6.83. The molecular weight excluding hydrogens is 397 g/mol. The Labute approximate surface area is 143 Å². The summed E-state index contributed by atoms with van der Waals surface area (Å²) < 4.78 is 6.12. The Hall–Kier alpha value is -1.14. The molecule has 21 heavy (non-hydrogen) atoms. The standard InChI is InChI=1S/C14H6BrCl2NO2S/c15-7-3-9(21-6-7)5-12-14(19)20-13(18-12)10-4-8(16)1-2-11(10)17/h1-6H. The molecule has 1 aromatic heterocycles. The molecule has 0 amide bonds. The summed E-state index contributed by atoms with van der Waals surface area (Å²) in [5.41, 5.74) is 0.726. The zero-order chi connectivity index (χ0) is 15.0. The summed E-state index contributed by atoms with van der Waals surface area (Å²) in [5, 5.41) is 2.84. The van der Waals surface area contributed by atoms with E-state index in [9.17, 15) is 4.79 Å². The highest BCUT2D eigenvalue weighted by molar-refractivity contribution is 9.10. The lowest BCUT2D eigenvalue weighted by atomic mass is 10.2. The fourth-order valence-electron chi connectivity index (χ4n) is 1.72. The van der Waals surface area contributed by atoms with Crippen molar-refractivity contribution >= 4 is 68.4 Å². The fourth-order valence-corrected chi connectivity index (χ4v) is 3.46. The molecule has 0 unspecified atom stereocenters. The lowest BCUT2D eigenvalue weighted by Crippen LogP contribution is -2.05. The predicted molar refractivity (Wildman–Crippen MR) is 89.1 cm³/mol. The third-order valence-corrected chi connectivity index (χ3v) is 4.85. The third-order valence-electron chi connectivity index (χ3n) is 2.65. The molecule has 0 saturated carbocycles. The lowest BCUT2D eigenvalue weighted by molar-refractivity contribution is -0.129. The van der Waals surface area contributed by atoms with Crippen LogP contribution < -0.4 is 0 Å². The number of aliphatic imine (C=N–C) groups is 1. The number of rotatable bonds is 2. The van der Waals surface area contributed by atoms with Gasteiger partial charge in [0.25, 0.3) is 0 Å². The van der Waals surface area contributed by atoms with E-state index in [0.717, 1.165) is 9.35 Å². The number of carbonyl (C=O) groups excluding carboxylic acids is 1. The van der Waals surface area contributed by atoms with Crippen LogP contribution in [0.15, 0.2) is 44.8 Å². The predicted octanol–water partition coefficient (Wildman–Crippen LogP) is 5.16. The van der Waals surface area contributed by atoms with Crippen molar-refractivity contribution in [2.24, 2.45) is 4.99 Å². The Morgan fingerprint density at radius 3 is 2.81 bits per heavy atom. The zero-order valence-electron chi connectivity index (χ0n) is 10.3. The van der Waals surface area contributed by atoms with E-state index in [1.165, 1.54) is 11.3 Å². The highest BCUT2D eigenvalue weighted by Crippen LogP contribution is 2.28. The summed E-state index contributed by atoms with van der Waals surface area (Å²) >= 11 is 16.9. The average molecular weight is 403 g/mol. The molecule has 1 aromatic carbocycles. The van der Waals surface area contributed by atoms with Gasteiger partial charge < -0.3 is 4.74 Å². The van der Waals surface area contributed by atoms with Gasteiger partial charge in [0.15, 0.2) is 5.70 Å². The smallest absolute Gasteiger partial charge is 0.363 e. The summed E-state index contributed by atoms with van der Waals surface area (Å²) in [7, 11) is 0. The van der Waals surface area contributed by atoms with Crippen molar-refractivity contribution in [3.8, 4) is 0 Å². The largest absolute Gasteiger partial charge is 0.402 e. The van der Waals surface area contributed by atoms with E-state index < -0.39 is 5.97 Å². The second-order valence-electron chi connectivity index (χ2n) is 4.13. The van der Waals surface area contributed by atoms with Crippen molar-refractivity contribution in [2.45, 2.75) is 0 Å². The quantitative estimate of drug-likeness (QED) is 0.513. The van der Waals surface area contributed by atoms with E-state index in [1.807, 2.05) is 11.4 Å². The molecule has 7 heteroatoms. The molecule has 0 fully saturated rings. The minimum absolute atomic E-state index is 0.161. The van der Waals surface area contributed by atoms with Crippen LogP contribution in [-0.4, -0.2) is 11.9 Å². The Morgan fingerprint density at radius 1 is 1.29 bits per heavy atom. The zero-order valence-corrected chi connectivity index (χ0v) is 14.2. The average Bonchev–Trinajstić information content (AvgIpc) is 3.00. The number of hydrogen-bond donors (Lipinski definition) is 0. The van der Waals surface area contributed by atoms with Gasteiger partial charge in [-0.25, -0.2) is 9.79 Å². The van der Waals surface area contributed by atoms with E-state index in [4.69, 9.17) is 27.9 Å². The topological polar surface area (TPSA) is 38.7 Å². The highest BCUT2D eigenvalue weighted by atomic mass is 79.9. The second kappa shape index (κ2) is 5.93. The van der Waals surface area contributed by atoms with Crippen molar-refractivity contribution < 1.29 is 9.53 Å². The van der Waals surface area contributed by atoms with Crippen LogP contribution in [0.1, 0.15) is 10.4 Å². The van der Waals surface area contributed by atoms with Gasteiger partial charge in [-0.2, -0.15) is 0 Å². The van der Waals surface area contributed by atoms with Gasteiger partial charge in [0.1, 0.15) is 0 Å². The lowest BCUT2D eigenvalue weighted by Gasteiger charge is -2.02. The number of ether oxygens (including phenoxy) is 1. The maximum absolute atomic E-state index is 11.9. The molecule has 0 saturated heterocycles. The van der Waals surface area contributed by atoms with Crippen molar-refractivity contribution in [1.29, 1.82) is 0 Å². The van der Waals surface area contributed by atoms with Crippen molar-refractivity contribution in [1.82, 2.24) is 0 Å². The van der Waals surface area contributed by atoms with Gasteiger partial charge in [-0.15, -0.1) is 11.3 Å². The van der Waals surface area contributed by atoms with Gasteiger partial charge in [0.2, 0.25) is 5.90 Å². The van der Waals surface area contributed by atoms with Crippen LogP contribution in [0.2, 0.25) is 10.0 Å². The molecule has 0 N–H and O–H groups in total. The molecule has 0 atom stereocenters. The van der Waals surface area contributed by atoms with E-state index >= 15 is 0 Å². The van der Waals surface area contributed by atoms with E-state index in [-0.39, 0.29) is 11.6 Å². The molecule has 0 radical (unpaired) electrons. The van der Waals surface area contributed by atoms with Crippen molar-refractivity contribution in [3.05, 3.63) is 60.3 Å². The normalized spacial score (nSPS) is 16.2. The number of benzene rings is 1. The summed E-state index contributed by atoms with van der Waals surface area (Å²) in [4.78, 5) is 17.0. The number of hydrogen-bond acceptors (Lipinski definition) is 4. The van der Waals surface area contributed by atoms with E-state index in [1.54, 1.807) is 24.3 Å². The first-order valence-electron chi connectivity index (χ1n) is 5.75.